The summed E-state index contributed by atoms with van der Waals surface area (Å²) >= 11 is 0. The summed E-state index contributed by atoms with van der Waals surface area (Å²) in [5, 5.41) is 0. The minimum absolute atomic E-state index is 0.639. The van der Waals surface area contributed by atoms with E-state index in [1.165, 1.54) is 225 Å². The third kappa shape index (κ3) is 25.2. The van der Waals surface area contributed by atoms with Crippen LogP contribution in [-0.2, 0) is 0 Å². The number of hydrogen-bond acceptors (Lipinski definition) is 2. The maximum Gasteiger partial charge on any atom is 0.101 e. The van der Waals surface area contributed by atoms with E-state index >= 15 is 0 Å². The Kier molecular flexibility index (Phi) is 30.7. The maximum absolute atomic E-state index is 2.72. The maximum atomic E-state index is 2.72. The second kappa shape index (κ2) is 32.7. The zero-order valence-corrected chi connectivity index (χ0v) is 30.4. The summed E-state index contributed by atoms with van der Waals surface area (Å²) < 4.78 is 0. The lowest BCUT2D eigenvalue weighted by Gasteiger charge is -2.33. The molecule has 0 bridgehead atoms. The second-order valence-electron chi connectivity index (χ2n) is 14.3. The van der Waals surface area contributed by atoms with Crippen molar-refractivity contribution in [2.24, 2.45) is 0 Å². The molecule has 0 saturated heterocycles. The molecular weight excluding hydrogens is 520 g/mol. The van der Waals surface area contributed by atoms with Gasteiger partial charge in [0.2, 0.25) is 0 Å². The first-order valence-electron chi connectivity index (χ1n) is 20.5. The van der Waals surface area contributed by atoms with E-state index in [0.717, 1.165) is 0 Å². The highest BCUT2D eigenvalue weighted by Crippen LogP contribution is 2.24. The molecule has 1 unspecified atom stereocenters. The summed E-state index contributed by atoms with van der Waals surface area (Å²) in [6.45, 7) is 9.48. The van der Waals surface area contributed by atoms with Crippen molar-refractivity contribution in [3.05, 3.63) is 12.4 Å². The van der Waals surface area contributed by atoms with Crippen LogP contribution in [0.1, 0.15) is 233 Å². The van der Waals surface area contributed by atoms with Crippen LogP contribution in [0, 0.1) is 0 Å². The second-order valence-corrected chi connectivity index (χ2v) is 14.3. The molecule has 43 heavy (non-hydrogen) atoms. The van der Waals surface area contributed by atoms with Gasteiger partial charge < -0.3 is 9.80 Å². The smallest absolute Gasteiger partial charge is 0.101 e. The van der Waals surface area contributed by atoms with Crippen molar-refractivity contribution in [1.82, 2.24) is 9.80 Å². The molecule has 0 spiro atoms. The molecule has 0 amide bonds. The number of rotatable bonds is 35. The minimum atomic E-state index is 0.639. The highest BCUT2D eigenvalue weighted by molar-refractivity contribution is 4.97. The molecule has 0 saturated carbocycles. The van der Waals surface area contributed by atoms with Crippen molar-refractivity contribution in [2.75, 3.05) is 13.1 Å². The van der Waals surface area contributed by atoms with Crippen LogP contribution in [0.3, 0.4) is 0 Å². The standard InChI is InChI=1S/C41H82N2/c1-4-7-10-13-16-19-21-23-25-27-30-33-36-41-42(37-34-31-28-18-15-12-9-6-3)39-40-43(41)38-35-32-29-26-24-22-20-17-14-11-8-5-2/h39-41H,4-38H2,1-3H3. The highest BCUT2D eigenvalue weighted by atomic mass is 15.4. The van der Waals surface area contributed by atoms with Crippen LogP contribution < -0.4 is 0 Å². The van der Waals surface area contributed by atoms with Gasteiger partial charge >= 0.3 is 0 Å². The monoisotopic (exact) mass is 603 g/mol. The van der Waals surface area contributed by atoms with E-state index < -0.39 is 0 Å². The molecular formula is C41H82N2. The fourth-order valence-electron chi connectivity index (χ4n) is 7.07. The van der Waals surface area contributed by atoms with Gasteiger partial charge in [0.05, 0.1) is 0 Å². The number of unbranched alkanes of at least 4 members (excludes halogenated alkanes) is 29. The first-order valence-corrected chi connectivity index (χ1v) is 20.5. The van der Waals surface area contributed by atoms with E-state index in [-0.39, 0.29) is 0 Å². The van der Waals surface area contributed by atoms with Crippen LogP contribution in [0.25, 0.3) is 0 Å². The van der Waals surface area contributed by atoms with Crippen LogP contribution in [0.4, 0.5) is 0 Å². The molecule has 1 rings (SSSR count). The Labute approximate surface area is 273 Å². The largest absolute Gasteiger partial charge is 0.356 e. The Bertz CT molecular complexity index is 558. The van der Waals surface area contributed by atoms with E-state index in [1.54, 1.807) is 0 Å². The summed E-state index contributed by atoms with van der Waals surface area (Å²) in [5.74, 6) is 0. The van der Waals surface area contributed by atoms with E-state index in [1.807, 2.05) is 0 Å². The van der Waals surface area contributed by atoms with Gasteiger partial charge in [-0.2, -0.15) is 0 Å². The van der Waals surface area contributed by atoms with Crippen molar-refractivity contribution in [3.63, 3.8) is 0 Å². The van der Waals surface area contributed by atoms with Gasteiger partial charge in [0, 0.05) is 25.5 Å². The van der Waals surface area contributed by atoms with Gasteiger partial charge in [0.15, 0.2) is 0 Å². The van der Waals surface area contributed by atoms with Gasteiger partial charge in [-0.15, -0.1) is 0 Å². The third-order valence-corrected chi connectivity index (χ3v) is 10.1. The van der Waals surface area contributed by atoms with Gasteiger partial charge in [0.1, 0.15) is 6.17 Å². The molecule has 0 aliphatic carbocycles. The van der Waals surface area contributed by atoms with Crippen LogP contribution in [0.2, 0.25) is 0 Å². The molecule has 1 atom stereocenters. The molecule has 0 N–H and O–H groups in total. The van der Waals surface area contributed by atoms with Crippen molar-refractivity contribution >= 4 is 0 Å². The fraction of sp³-hybridized carbons (Fsp3) is 0.951. The lowest BCUT2D eigenvalue weighted by Crippen LogP contribution is -2.39. The first-order chi connectivity index (χ1) is 21.3. The Hall–Kier alpha value is -0.660. The molecule has 0 aromatic rings. The summed E-state index contributed by atoms with van der Waals surface area (Å²) in [6, 6.07) is 0. The van der Waals surface area contributed by atoms with Crippen molar-refractivity contribution in [2.45, 2.75) is 239 Å². The molecule has 1 aliphatic rings. The zero-order chi connectivity index (χ0) is 30.9. The zero-order valence-electron chi connectivity index (χ0n) is 30.4. The lowest BCUT2D eigenvalue weighted by atomic mass is 10.0. The molecule has 0 radical (unpaired) electrons. The van der Waals surface area contributed by atoms with Crippen LogP contribution in [0.5, 0.6) is 0 Å². The van der Waals surface area contributed by atoms with Gasteiger partial charge in [-0.25, -0.2) is 0 Å². The quantitative estimate of drug-likeness (QED) is 0.0666. The van der Waals surface area contributed by atoms with E-state index in [0.29, 0.717) is 6.17 Å². The molecule has 1 heterocycles. The molecule has 256 valence electrons. The minimum Gasteiger partial charge on any atom is -0.356 e. The third-order valence-electron chi connectivity index (χ3n) is 10.1. The van der Waals surface area contributed by atoms with Gasteiger partial charge in [-0.3, -0.25) is 0 Å². The van der Waals surface area contributed by atoms with E-state index in [2.05, 4.69) is 43.0 Å². The summed E-state index contributed by atoms with van der Waals surface area (Å²) in [7, 11) is 0. The molecule has 2 nitrogen and oxygen atoms in total. The number of nitrogens with zero attached hydrogens (tertiary/aromatic N) is 2. The average Bonchev–Trinajstić information content (AvgIpc) is 3.40. The molecule has 2 heteroatoms. The van der Waals surface area contributed by atoms with Crippen LogP contribution >= 0.6 is 0 Å². The van der Waals surface area contributed by atoms with Crippen molar-refractivity contribution in [1.29, 1.82) is 0 Å². The summed E-state index contributed by atoms with van der Waals surface area (Å²) in [6.07, 6.45) is 52.9. The molecule has 0 aromatic carbocycles. The summed E-state index contributed by atoms with van der Waals surface area (Å²) in [5.41, 5.74) is 0. The van der Waals surface area contributed by atoms with Gasteiger partial charge in [0.25, 0.3) is 0 Å². The lowest BCUT2D eigenvalue weighted by molar-refractivity contribution is 0.135. The molecule has 0 aromatic heterocycles. The Morgan fingerprint density at radius 1 is 0.302 bits per heavy atom. The van der Waals surface area contributed by atoms with Crippen molar-refractivity contribution in [3.8, 4) is 0 Å². The Morgan fingerprint density at radius 2 is 0.535 bits per heavy atom. The predicted octanol–water partition coefficient (Wildman–Crippen LogP) is 14.3. The Morgan fingerprint density at radius 3 is 0.814 bits per heavy atom. The normalized spacial score (nSPS) is 14.9. The van der Waals surface area contributed by atoms with Crippen LogP contribution in [0.15, 0.2) is 12.4 Å². The highest BCUT2D eigenvalue weighted by Gasteiger charge is 2.24. The summed E-state index contributed by atoms with van der Waals surface area (Å²) in [4.78, 5) is 5.44. The van der Waals surface area contributed by atoms with Gasteiger partial charge in [-0.1, -0.05) is 207 Å². The topological polar surface area (TPSA) is 6.48 Å². The van der Waals surface area contributed by atoms with Crippen molar-refractivity contribution < 1.29 is 0 Å². The number of hydrogen-bond donors (Lipinski definition) is 0. The Balaban J connectivity index is 2.22. The molecule has 1 aliphatic heterocycles. The SMILES string of the molecule is CCCCCCCCCCCCCCC1N(CCCCCCCCCC)C=CN1CCCCCCCCCCCCCC. The average molecular weight is 603 g/mol. The van der Waals surface area contributed by atoms with E-state index in [4.69, 9.17) is 0 Å². The van der Waals surface area contributed by atoms with Crippen LogP contribution in [-0.4, -0.2) is 29.1 Å². The van der Waals surface area contributed by atoms with Gasteiger partial charge in [-0.05, 0) is 25.7 Å². The first kappa shape index (κ1) is 40.4. The van der Waals surface area contributed by atoms with E-state index in [9.17, 15) is 0 Å². The fourth-order valence-corrected chi connectivity index (χ4v) is 7.07. The predicted molar refractivity (Wildman–Crippen MR) is 196 cm³/mol. The molecule has 0 fully saturated rings.